The molecular weight excluding hydrogens is 414 g/mol. The first-order chi connectivity index (χ1) is 14.3. The van der Waals surface area contributed by atoms with Crippen LogP contribution >= 0.6 is 0 Å². The fourth-order valence-electron chi connectivity index (χ4n) is 3.64. The van der Waals surface area contributed by atoms with Crippen LogP contribution < -0.4 is 10.1 Å². The van der Waals surface area contributed by atoms with E-state index in [1.165, 1.54) is 0 Å². The highest BCUT2D eigenvalue weighted by Gasteiger charge is 2.33. The first-order valence-electron chi connectivity index (χ1n) is 10.6. The van der Waals surface area contributed by atoms with E-state index in [9.17, 15) is 13.2 Å². The molecule has 2 heterocycles. The number of nitrogens with zero attached hydrogens (tertiary/aromatic N) is 2. The molecule has 31 heavy (non-hydrogen) atoms. The van der Waals surface area contributed by atoms with Gasteiger partial charge in [-0.05, 0) is 23.5 Å². The Hall–Kier alpha value is -2.35. The summed E-state index contributed by atoms with van der Waals surface area (Å²) in [4.78, 5) is 12.7. The van der Waals surface area contributed by atoms with Gasteiger partial charge < -0.3 is 10.1 Å². The SMILES string of the molecule is CC(C)(C)c1cc(NC(=O)COc2ccccc2C(C)(C)C)n(C2CCS(=O)(=O)C2)n1. The van der Waals surface area contributed by atoms with Crippen molar-refractivity contribution < 1.29 is 17.9 Å². The van der Waals surface area contributed by atoms with Gasteiger partial charge in [-0.15, -0.1) is 0 Å². The number of benzene rings is 1. The van der Waals surface area contributed by atoms with Gasteiger partial charge in [-0.2, -0.15) is 5.10 Å². The van der Waals surface area contributed by atoms with Gasteiger partial charge in [0.25, 0.3) is 5.91 Å². The zero-order valence-corrected chi connectivity index (χ0v) is 20.0. The monoisotopic (exact) mass is 447 g/mol. The summed E-state index contributed by atoms with van der Waals surface area (Å²) in [5.41, 5.74) is 1.48. The summed E-state index contributed by atoms with van der Waals surface area (Å²) in [6.45, 7) is 12.2. The molecule has 170 valence electrons. The number of ether oxygens (including phenoxy) is 1. The van der Waals surface area contributed by atoms with Crippen molar-refractivity contribution in [3.05, 3.63) is 41.6 Å². The molecule has 1 N–H and O–H groups in total. The maximum Gasteiger partial charge on any atom is 0.263 e. The smallest absolute Gasteiger partial charge is 0.263 e. The first-order valence-corrected chi connectivity index (χ1v) is 12.4. The van der Waals surface area contributed by atoms with Crippen LogP contribution in [0.2, 0.25) is 0 Å². The molecule has 3 rings (SSSR count). The maximum atomic E-state index is 12.7. The Balaban J connectivity index is 1.78. The number of hydrogen-bond acceptors (Lipinski definition) is 5. The second-order valence-electron chi connectivity index (χ2n) is 10.2. The van der Waals surface area contributed by atoms with E-state index >= 15 is 0 Å². The lowest BCUT2D eigenvalue weighted by atomic mass is 9.86. The number of hydrogen-bond donors (Lipinski definition) is 1. The number of aromatic nitrogens is 2. The summed E-state index contributed by atoms with van der Waals surface area (Å²) in [5.74, 6) is 1.05. The molecule has 8 heteroatoms. The zero-order valence-electron chi connectivity index (χ0n) is 19.2. The molecule has 2 aromatic rings. The normalized spacial score (nSPS) is 18.7. The van der Waals surface area contributed by atoms with E-state index in [4.69, 9.17) is 4.74 Å². The molecule has 1 aromatic heterocycles. The highest BCUT2D eigenvalue weighted by molar-refractivity contribution is 7.91. The van der Waals surface area contributed by atoms with Gasteiger partial charge in [-0.3, -0.25) is 4.79 Å². The van der Waals surface area contributed by atoms with E-state index in [1.807, 2.05) is 51.1 Å². The van der Waals surface area contributed by atoms with Crippen LogP contribution in [-0.2, 0) is 25.5 Å². The molecular formula is C23H33N3O4S. The van der Waals surface area contributed by atoms with Gasteiger partial charge in [-0.1, -0.05) is 59.7 Å². The van der Waals surface area contributed by atoms with Crippen molar-refractivity contribution in [1.29, 1.82) is 0 Å². The Labute approximate surface area is 185 Å². The molecule has 1 unspecified atom stereocenters. The molecule has 1 amide bonds. The number of carbonyl (C=O) groups is 1. The van der Waals surface area contributed by atoms with E-state index in [2.05, 4.69) is 31.2 Å². The summed E-state index contributed by atoms with van der Waals surface area (Å²) in [7, 11) is -3.08. The minimum absolute atomic E-state index is 0.0383. The van der Waals surface area contributed by atoms with Crippen molar-refractivity contribution in [3.8, 4) is 5.75 Å². The van der Waals surface area contributed by atoms with E-state index in [0.717, 1.165) is 11.3 Å². The van der Waals surface area contributed by atoms with E-state index < -0.39 is 9.84 Å². The third-order valence-electron chi connectivity index (χ3n) is 5.38. The number of rotatable bonds is 5. The lowest BCUT2D eigenvalue weighted by Crippen LogP contribution is -2.24. The van der Waals surface area contributed by atoms with Gasteiger partial charge in [0.15, 0.2) is 16.4 Å². The Morgan fingerprint density at radius 2 is 1.84 bits per heavy atom. The minimum atomic E-state index is -3.08. The third-order valence-corrected chi connectivity index (χ3v) is 7.13. The van der Waals surface area contributed by atoms with E-state index in [1.54, 1.807) is 4.68 Å². The molecule has 0 saturated carbocycles. The number of nitrogens with one attached hydrogen (secondary N) is 1. The summed E-state index contributed by atoms with van der Waals surface area (Å²) in [6, 6.07) is 9.24. The molecule has 1 aliphatic rings. The molecule has 7 nitrogen and oxygen atoms in total. The highest BCUT2D eigenvalue weighted by atomic mass is 32.2. The number of amides is 1. The fourth-order valence-corrected chi connectivity index (χ4v) is 5.33. The van der Waals surface area contributed by atoms with E-state index in [-0.39, 0.29) is 40.9 Å². The van der Waals surface area contributed by atoms with Crippen molar-refractivity contribution in [2.45, 2.75) is 64.8 Å². The lowest BCUT2D eigenvalue weighted by Gasteiger charge is -2.22. The Morgan fingerprint density at radius 3 is 2.42 bits per heavy atom. The van der Waals surface area contributed by atoms with Gasteiger partial charge in [0.1, 0.15) is 11.6 Å². The van der Waals surface area contributed by atoms with Crippen molar-refractivity contribution in [1.82, 2.24) is 9.78 Å². The van der Waals surface area contributed by atoms with Crippen LogP contribution in [0.3, 0.4) is 0 Å². The summed E-state index contributed by atoms with van der Waals surface area (Å²) < 4.78 is 31.4. The topological polar surface area (TPSA) is 90.3 Å². The van der Waals surface area contributed by atoms with Crippen LogP contribution in [0.15, 0.2) is 30.3 Å². The zero-order chi connectivity index (χ0) is 23.0. The Kier molecular flexibility index (Phi) is 6.24. The summed E-state index contributed by atoms with van der Waals surface area (Å²) in [6.07, 6.45) is 0.492. The maximum absolute atomic E-state index is 12.7. The van der Waals surface area contributed by atoms with Crippen LogP contribution in [-0.4, -0.2) is 42.2 Å². The summed E-state index contributed by atoms with van der Waals surface area (Å²) in [5, 5.41) is 7.52. The van der Waals surface area contributed by atoms with Gasteiger partial charge in [0, 0.05) is 11.5 Å². The number of anilines is 1. The van der Waals surface area contributed by atoms with Crippen LogP contribution in [0, 0.1) is 0 Å². The Morgan fingerprint density at radius 1 is 1.16 bits per heavy atom. The van der Waals surface area contributed by atoms with Gasteiger partial charge >= 0.3 is 0 Å². The van der Waals surface area contributed by atoms with Gasteiger partial charge in [0.05, 0.1) is 23.2 Å². The van der Waals surface area contributed by atoms with E-state index in [0.29, 0.717) is 18.0 Å². The first kappa shape index (κ1) is 23.3. The molecule has 0 aliphatic carbocycles. The minimum Gasteiger partial charge on any atom is -0.483 e. The number of carbonyl (C=O) groups excluding carboxylic acids is 1. The van der Waals surface area contributed by atoms with Gasteiger partial charge in [0.2, 0.25) is 0 Å². The molecule has 1 saturated heterocycles. The number of sulfone groups is 1. The van der Waals surface area contributed by atoms with Crippen LogP contribution in [0.1, 0.15) is 65.3 Å². The Bertz CT molecular complexity index is 1060. The van der Waals surface area contributed by atoms with Crippen LogP contribution in [0.4, 0.5) is 5.82 Å². The summed E-state index contributed by atoms with van der Waals surface area (Å²) >= 11 is 0. The molecule has 0 bridgehead atoms. The average Bonchev–Trinajstić information content (AvgIpc) is 3.22. The van der Waals surface area contributed by atoms with Crippen LogP contribution in [0.5, 0.6) is 5.75 Å². The lowest BCUT2D eigenvalue weighted by molar-refractivity contribution is -0.118. The molecule has 1 aliphatic heterocycles. The van der Waals surface area contributed by atoms with Crippen molar-refractivity contribution in [2.75, 3.05) is 23.4 Å². The predicted molar refractivity (Wildman–Crippen MR) is 123 cm³/mol. The van der Waals surface area contributed by atoms with Crippen molar-refractivity contribution in [2.24, 2.45) is 0 Å². The highest BCUT2D eigenvalue weighted by Crippen LogP contribution is 2.32. The molecule has 0 spiro atoms. The standard InChI is InChI=1S/C23H33N3O4S/c1-22(2,3)17-9-7-8-10-18(17)30-14-21(27)24-20-13-19(23(4,5)6)25-26(20)16-11-12-31(28,29)15-16/h7-10,13,16H,11-12,14-15H2,1-6H3,(H,24,27). The van der Waals surface area contributed by atoms with Crippen molar-refractivity contribution >= 4 is 21.6 Å². The van der Waals surface area contributed by atoms with Crippen LogP contribution in [0.25, 0.3) is 0 Å². The number of para-hydroxylation sites is 1. The van der Waals surface area contributed by atoms with Crippen molar-refractivity contribution in [3.63, 3.8) is 0 Å². The quantitative estimate of drug-likeness (QED) is 0.752. The largest absolute Gasteiger partial charge is 0.483 e. The third kappa shape index (κ3) is 5.67. The predicted octanol–water partition coefficient (Wildman–Crippen LogP) is 3.86. The molecule has 1 aromatic carbocycles. The molecule has 0 radical (unpaired) electrons. The fraction of sp³-hybridized carbons (Fsp3) is 0.565. The second-order valence-corrected chi connectivity index (χ2v) is 12.5. The molecule has 1 atom stereocenters. The second kappa shape index (κ2) is 8.30. The van der Waals surface area contributed by atoms with Gasteiger partial charge in [-0.25, -0.2) is 13.1 Å². The molecule has 1 fully saturated rings. The average molecular weight is 448 g/mol.